The third-order valence-corrected chi connectivity index (χ3v) is 4.27. The summed E-state index contributed by atoms with van der Waals surface area (Å²) >= 11 is 1.28. The van der Waals surface area contributed by atoms with Gasteiger partial charge in [-0.05, 0) is 24.3 Å². The van der Waals surface area contributed by atoms with Crippen molar-refractivity contribution in [1.82, 2.24) is 4.98 Å². The summed E-state index contributed by atoms with van der Waals surface area (Å²) in [5.41, 5.74) is 3.97. The second-order valence-electron chi connectivity index (χ2n) is 5.26. The number of phenolic OH excluding ortho intramolecular Hbond substituents is 1. The van der Waals surface area contributed by atoms with E-state index in [2.05, 4.69) is 15.5 Å². The number of thiazole rings is 1. The summed E-state index contributed by atoms with van der Waals surface area (Å²) in [4.78, 5) is 14.7. The lowest BCUT2D eigenvalue weighted by atomic mass is 10.2. The Labute approximate surface area is 156 Å². The number of hydrogen-bond acceptors (Lipinski definition) is 8. The molecular weight excluding hydrogens is 375 g/mol. The molecule has 0 radical (unpaired) electrons. The minimum atomic E-state index is -0.595. The molecule has 2 aromatic carbocycles. The van der Waals surface area contributed by atoms with E-state index in [4.69, 9.17) is 4.74 Å². The van der Waals surface area contributed by atoms with Crippen LogP contribution in [0, 0.1) is 15.9 Å². The Balaban J connectivity index is 1.77. The first-order valence-electron chi connectivity index (χ1n) is 7.54. The smallest absolute Gasteiger partial charge is 0.274 e. The normalized spacial score (nSPS) is 10.9. The Morgan fingerprint density at radius 3 is 2.78 bits per heavy atom. The number of benzene rings is 2. The molecule has 0 unspecified atom stereocenters. The highest BCUT2D eigenvalue weighted by Crippen LogP contribution is 2.33. The molecule has 2 N–H and O–H groups in total. The van der Waals surface area contributed by atoms with E-state index in [0.29, 0.717) is 10.8 Å². The number of ether oxygens (including phenoxy) is 1. The number of hydrazone groups is 1. The lowest BCUT2D eigenvalue weighted by Gasteiger charge is -2.05. The number of aromatic hydroxyl groups is 1. The van der Waals surface area contributed by atoms with Crippen LogP contribution in [0.15, 0.2) is 46.9 Å². The molecule has 0 amide bonds. The average molecular weight is 388 g/mol. The number of hydrogen-bond donors (Lipinski definition) is 2. The van der Waals surface area contributed by atoms with Gasteiger partial charge in [0.15, 0.2) is 11.5 Å². The van der Waals surface area contributed by atoms with E-state index >= 15 is 0 Å². The number of nitrogens with zero attached hydrogens (tertiary/aromatic N) is 3. The summed E-state index contributed by atoms with van der Waals surface area (Å²) in [7, 11) is 1.30. The number of anilines is 1. The van der Waals surface area contributed by atoms with Crippen molar-refractivity contribution >= 4 is 28.4 Å². The first kappa shape index (κ1) is 18.3. The predicted octanol–water partition coefficient (Wildman–Crippen LogP) is 4.02. The molecule has 0 fully saturated rings. The summed E-state index contributed by atoms with van der Waals surface area (Å²) in [5, 5.41) is 27.2. The van der Waals surface area contributed by atoms with E-state index in [0.717, 1.165) is 11.6 Å². The van der Waals surface area contributed by atoms with Crippen LogP contribution in [-0.4, -0.2) is 28.3 Å². The Morgan fingerprint density at radius 1 is 1.37 bits per heavy atom. The largest absolute Gasteiger partial charge is 0.504 e. The average Bonchev–Trinajstić information content (AvgIpc) is 3.12. The molecule has 1 aromatic heterocycles. The van der Waals surface area contributed by atoms with Crippen LogP contribution in [0.25, 0.3) is 11.3 Å². The summed E-state index contributed by atoms with van der Waals surface area (Å²) < 4.78 is 17.9. The molecule has 27 heavy (non-hydrogen) atoms. The van der Waals surface area contributed by atoms with Crippen LogP contribution in [-0.2, 0) is 0 Å². The number of nitro benzene ring substituents is 1. The maximum Gasteiger partial charge on any atom is 0.274 e. The van der Waals surface area contributed by atoms with Gasteiger partial charge in [0.2, 0.25) is 5.13 Å². The number of non-ortho nitro benzene ring substituents is 1. The second kappa shape index (κ2) is 7.79. The van der Waals surface area contributed by atoms with Crippen LogP contribution in [0.3, 0.4) is 0 Å². The minimum absolute atomic E-state index is 0.0292. The number of aromatic nitrogens is 1. The number of rotatable bonds is 6. The van der Waals surface area contributed by atoms with Gasteiger partial charge in [-0.2, -0.15) is 5.10 Å². The third kappa shape index (κ3) is 4.18. The maximum absolute atomic E-state index is 13.0. The first-order valence-corrected chi connectivity index (χ1v) is 8.42. The fraction of sp³-hybridized carbons (Fsp3) is 0.0588. The molecular formula is C17H13FN4O4S. The van der Waals surface area contributed by atoms with Gasteiger partial charge in [-0.25, -0.2) is 9.37 Å². The zero-order valence-corrected chi connectivity index (χ0v) is 14.7. The van der Waals surface area contributed by atoms with Crippen LogP contribution < -0.4 is 10.2 Å². The van der Waals surface area contributed by atoms with Gasteiger partial charge < -0.3 is 9.84 Å². The Kier molecular flexibility index (Phi) is 5.27. The van der Waals surface area contributed by atoms with Gasteiger partial charge in [0, 0.05) is 22.6 Å². The molecule has 0 aliphatic rings. The Hall–Kier alpha value is -3.53. The van der Waals surface area contributed by atoms with Crippen molar-refractivity contribution < 1.29 is 19.2 Å². The van der Waals surface area contributed by atoms with Crippen molar-refractivity contribution in [3.63, 3.8) is 0 Å². The molecule has 0 bridgehead atoms. The van der Waals surface area contributed by atoms with Crippen molar-refractivity contribution in [1.29, 1.82) is 0 Å². The lowest BCUT2D eigenvalue weighted by Crippen LogP contribution is -1.96. The maximum atomic E-state index is 13.0. The summed E-state index contributed by atoms with van der Waals surface area (Å²) in [6.45, 7) is 0. The van der Waals surface area contributed by atoms with E-state index < -0.39 is 4.92 Å². The minimum Gasteiger partial charge on any atom is -0.504 e. The molecule has 3 aromatic rings. The quantitative estimate of drug-likeness (QED) is 0.375. The van der Waals surface area contributed by atoms with E-state index in [1.54, 1.807) is 17.5 Å². The first-order chi connectivity index (χ1) is 13.0. The van der Waals surface area contributed by atoms with Gasteiger partial charge in [0.1, 0.15) is 5.82 Å². The van der Waals surface area contributed by atoms with Gasteiger partial charge in [-0.3, -0.25) is 15.5 Å². The van der Waals surface area contributed by atoms with E-state index in [1.807, 2.05) is 0 Å². The Bertz CT molecular complexity index is 1000. The number of nitrogens with one attached hydrogen (secondary N) is 1. The molecule has 10 heteroatoms. The molecule has 0 saturated carbocycles. The molecule has 0 aliphatic carbocycles. The summed E-state index contributed by atoms with van der Waals surface area (Å²) in [6, 6.07) is 8.22. The predicted molar refractivity (Wildman–Crippen MR) is 100 cm³/mol. The number of halogens is 1. The molecule has 3 rings (SSSR count). The second-order valence-corrected chi connectivity index (χ2v) is 6.12. The fourth-order valence-electron chi connectivity index (χ4n) is 2.21. The van der Waals surface area contributed by atoms with Crippen LogP contribution in [0.1, 0.15) is 5.56 Å². The van der Waals surface area contributed by atoms with Gasteiger partial charge in [0.05, 0.1) is 30.0 Å². The zero-order chi connectivity index (χ0) is 19.4. The van der Waals surface area contributed by atoms with Crippen molar-refractivity contribution in [2.45, 2.75) is 0 Å². The highest BCUT2D eigenvalue weighted by Gasteiger charge is 2.15. The molecule has 0 saturated heterocycles. The SMILES string of the molecule is COc1cc([N+](=O)[O-])cc(/C=N/Nc2nc(-c3ccc(F)cc3)cs2)c1O. The van der Waals surface area contributed by atoms with Gasteiger partial charge in [-0.15, -0.1) is 11.3 Å². The molecule has 0 spiro atoms. The Morgan fingerprint density at radius 2 is 2.11 bits per heavy atom. The topological polar surface area (TPSA) is 110 Å². The summed E-state index contributed by atoms with van der Waals surface area (Å²) in [5.74, 6) is -0.623. The number of nitro groups is 1. The monoisotopic (exact) mass is 388 g/mol. The molecule has 138 valence electrons. The molecule has 0 aliphatic heterocycles. The van der Waals surface area contributed by atoms with Crippen LogP contribution in [0.2, 0.25) is 0 Å². The van der Waals surface area contributed by atoms with Crippen molar-refractivity contribution in [2.75, 3.05) is 12.5 Å². The third-order valence-electron chi connectivity index (χ3n) is 3.53. The number of phenols is 1. The van der Waals surface area contributed by atoms with Gasteiger partial charge in [-0.1, -0.05) is 0 Å². The van der Waals surface area contributed by atoms with E-state index in [1.165, 1.54) is 42.9 Å². The molecule has 1 heterocycles. The highest BCUT2D eigenvalue weighted by molar-refractivity contribution is 7.14. The summed E-state index contributed by atoms with van der Waals surface area (Å²) in [6.07, 6.45) is 1.23. The fourth-order valence-corrected chi connectivity index (χ4v) is 2.88. The lowest BCUT2D eigenvalue weighted by molar-refractivity contribution is -0.385. The van der Waals surface area contributed by atoms with Crippen LogP contribution in [0.4, 0.5) is 15.2 Å². The van der Waals surface area contributed by atoms with Crippen LogP contribution >= 0.6 is 11.3 Å². The molecule has 8 nitrogen and oxygen atoms in total. The van der Waals surface area contributed by atoms with Crippen LogP contribution in [0.5, 0.6) is 11.5 Å². The standard InChI is InChI=1S/C17H13FN4O4S/c1-26-15-7-13(22(24)25)6-11(16(15)23)8-19-21-17-20-14(9-27-17)10-2-4-12(18)5-3-10/h2-9,23H,1H3,(H,20,21)/b19-8+. The van der Waals surface area contributed by atoms with Crippen molar-refractivity contribution in [2.24, 2.45) is 5.10 Å². The van der Waals surface area contributed by atoms with E-state index in [9.17, 15) is 19.6 Å². The van der Waals surface area contributed by atoms with Crippen molar-refractivity contribution in [3.05, 3.63) is 63.3 Å². The highest BCUT2D eigenvalue weighted by atomic mass is 32.1. The van der Waals surface area contributed by atoms with Gasteiger partial charge >= 0.3 is 0 Å². The molecule has 0 atom stereocenters. The number of methoxy groups -OCH3 is 1. The van der Waals surface area contributed by atoms with E-state index in [-0.39, 0.29) is 28.6 Å². The zero-order valence-electron chi connectivity index (χ0n) is 13.9. The van der Waals surface area contributed by atoms with Crippen molar-refractivity contribution in [3.8, 4) is 22.8 Å². The van der Waals surface area contributed by atoms with Gasteiger partial charge in [0.25, 0.3) is 5.69 Å².